The second kappa shape index (κ2) is 21.6. The number of carbonyl (C=O) groups excluding carboxylic acids is 1. The van der Waals surface area contributed by atoms with E-state index < -0.39 is 60.5 Å². The molecule has 18 nitrogen and oxygen atoms in total. The van der Waals surface area contributed by atoms with Crippen LogP contribution in [-0.4, -0.2) is 174 Å². The summed E-state index contributed by atoms with van der Waals surface area (Å²) in [6.45, 7) is 17.6. The van der Waals surface area contributed by atoms with Gasteiger partial charge in [-0.1, -0.05) is 40.9 Å². The Bertz CT molecular complexity index is 2200. The molecule has 13 aliphatic heterocycles. The number of carbonyl (C=O) groups is 2. The molecule has 13 fully saturated rings. The van der Waals surface area contributed by atoms with Gasteiger partial charge in [0.05, 0.1) is 129 Å². The highest BCUT2D eigenvalue weighted by atomic mass is 16.8. The third kappa shape index (κ3) is 10.7. The van der Waals surface area contributed by atoms with E-state index in [9.17, 15) is 19.8 Å². The van der Waals surface area contributed by atoms with Gasteiger partial charge in [0.1, 0.15) is 18.3 Å². The van der Waals surface area contributed by atoms with Gasteiger partial charge in [0, 0.05) is 57.3 Å². The Morgan fingerprint density at radius 2 is 1.31 bits per heavy atom. The molecule has 13 saturated heterocycles. The number of esters is 1. The second-order valence-corrected chi connectivity index (χ2v) is 26.0. The van der Waals surface area contributed by atoms with Crippen molar-refractivity contribution in [3.63, 3.8) is 0 Å². The fourth-order valence-corrected chi connectivity index (χ4v) is 16.6. The third-order valence-corrected chi connectivity index (χ3v) is 20.5. The van der Waals surface area contributed by atoms with Crippen molar-refractivity contribution in [1.82, 2.24) is 0 Å². The number of aliphatic carboxylic acids is 1. The van der Waals surface area contributed by atoms with Gasteiger partial charge in [-0.15, -0.1) is 0 Å². The monoisotopic (exact) mass is 1080 g/mol. The van der Waals surface area contributed by atoms with Crippen molar-refractivity contribution in [3.8, 4) is 0 Å². The summed E-state index contributed by atoms with van der Waals surface area (Å²) in [5.74, 6) is -2.66. The van der Waals surface area contributed by atoms with Crippen molar-refractivity contribution in [2.45, 2.75) is 315 Å². The standard InChI is InChI=1S/C59H86O18/c1-7-38-40(15-17-58(74-38)26-30(4)53-42(75-58)13-10-34(66-53)20-50(61)62)71-52-25-49-48(72-52)24-46-45(69-49)23-47-44(68-46)22-43-31(5)28(2)18-33(65-43)8-11-39-29(3)19-36(64-39)14-16-59-27-37(60)56(77-59)54-32(6)55(76-59)57-41(73-54)12-9-35(67-57)21-51(63)70-47/h28,30,32-49,52-57,60H,3,5,7-27H2,1-2,4,6H3,(H,61,62)/t28-,30+,32-,33+,34+,35-,36+,37-,38+,39+,40+,41+,42+,43-,44+,45?,46+,47-,48-,49?,52-,53+,54-,55-,56?,57+,58-,59-/m1/s1. The van der Waals surface area contributed by atoms with Crippen LogP contribution in [0.15, 0.2) is 24.3 Å². The van der Waals surface area contributed by atoms with Crippen LogP contribution in [0.3, 0.4) is 0 Å². The minimum absolute atomic E-state index is 0.00885. The van der Waals surface area contributed by atoms with Crippen LogP contribution in [0.4, 0.5) is 0 Å². The number of carboxylic acid groups (broad SMARTS) is 1. The van der Waals surface area contributed by atoms with E-state index in [1.165, 1.54) is 0 Å². The Kier molecular flexibility index (Phi) is 15.2. The van der Waals surface area contributed by atoms with E-state index in [1.54, 1.807) is 0 Å². The molecule has 28 atom stereocenters. The van der Waals surface area contributed by atoms with Gasteiger partial charge in [0.2, 0.25) is 0 Å². The molecule has 13 aliphatic rings. The summed E-state index contributed by atoms with van der Waals surface area (Å²) in [6.07, 6.45) is 5.49. The minimum atomic E-state index is -1.01. The van der Waals surface area contributed by atoms with Gasteiger partial charge in [-0.3, -0.25) is 9.59 Å². The van der Waals surface area contributed by atoms with Gasteiger partial charge in [-0.2, -0.15) is 0 Å². The van der Waals surface area contributed by atoms with Gasteiger partial charge in [0.25, 0.3) is 0 Å². The first-order valence-electron chi connectivity index (χ1n) is 30.1. The molecule has 2 spiro atoms. The Labute approximate surface area is 453 Å². The number of fused-ring (bicyclic) bond motifs is 12. The highest BCUT2D eigenvalue weighted by molar-refractivity contribution is 5.70. The van der Waals surface area contributed by atoms with Crippen LogP contribution in [0.1, 0.15) is 163 Å². The summed E-state index contributed by atoms with van der Waals surface area (Å²) >= 11 is 0. The van der Waals surface area contributed by atoms with Gasteiger partial charge >= 0.3 is 11.9 Å². The molecular weight excluding hydrogens is 997 g/mol. The van der Waals surface area contributed by atoms with E-state index in [0.29, 0.717) is 77.0 Å². The van der Waals surface area contributed by atoms with Crippen molar-refractivity contribution < 1.29 is 86.1 Å². The minimum Gasteiger partial charge on any atom is -0.481 e. The summed E-state index contributed by atoms with van der Waals surface area (Å²) in [5, 5.41) is 20.8. The molecule has 2 N–H and O–H groups in total. The Morgan fingerprint density at radius 1 is 0.610 bits per heavy atom. The number of ether oxygens (including phenoxy) is 14. The lowest BCUT2D eigenvalue weighted by Gasteiger charge is -2.54. The van der Waals surface area contributed by atoms with Gasteiger partial charge in [-0.05, 0) is 93.6 Å². The van der Waals surface area contributed by atoms with E-state index >= 15 is 0 Å². The molecule has 0 aliphatic carbocycles. The smallest absolute Gasteiger partial charge is 0.308 e. The quantitative estimate of drug-likeness (QED) is 0.209. The van der Waals surface area contributed by atoms with Crippen LogP contribution in [0.25, 0.3) is 0 Å². The molecule has 0 saturated carbocycles. The SMILES string of the molecule is C=C1C[C@@H]2CC[C@]34C[C@@H](O)C(O3)[C@@H]3O[C@H]5CC[C@H](CC(=O)O[C@@H]6CC7OC8C[C@H](O[C@H]9CC[C@@]%10(C[C@H](C)[C@@H]%11O[C@H](CC(=O)O)CC[C@@H]%11O%10)O[C@H]9CC)O[C@@H]8C[C@@H]7O[C@H]6C[C@H]6O[C@@H](CC[C@@H]1O2)C[C@@H](C)C6=C)O[C@@H]5[C@H](O4)[C@@H]3C. The number of hydrogen-bond donors (Lipinski definition) is 2. The van der Waals surface area contributed by atoms with Crippen LogP contribution in [0.2, 0.25) is 0 Å². The fraction of sp³-hybridized carbons (Fsp3) is 0.898. The topological polar surface area (TPSA) is 204 Å². The summed E-state index contributed by atoms with van der Waals surface area (Å²) in [4.78, 5) is 25.8. The van der Waals surface area contributed by atoms with E-state index in [2.05, 4.69) is 40.9 Å². The first kappa shape index (κ1) is 54.1. The molecule has 0 aromatic rings. The predicted octanol–water partition coefficient (Wildman–Crippen LogP) is 7.06. The first-order valence-corrected chi connectivity index (χ1v) is 30.1. The number of hydrogen-bond acceptors (Lipinski definition) is 17. The molecular formula is C59H86O18. The number of carboxylic acids is 1. The maximum atomic E-state index is 14.4. The molecule has 430 valence electrons. The zero-order valence-electron chi connectivity index (χ0n) is 45.7. The van der Waals surface area contributed by atoms with Crippen molar-refractivity contribution in [2.75, 3.05) is 0 Å². The van der Waals surface area contributed by atoms with Crippen LogP contribution < -0.4 is 0 Å². The summed E-state index contributed by atoms with van der Waals surface area (Å²) in [5.41, 5.74) is 2.12. The Balaban J connectivity index is 0.690. The average molecular weight is 1080 g/mol. The molecule has 13 heterocycles. The summed E-state index contributed by atoms with van der Waals surface area (Å²) in [7, 11) is 0. The van der Waals surface area contributed by atoms with Crippen molar-refractivity contribution in [3.05, 3.63) is 24.3 Å². The molecule has 3 unspecified atom stereocenters. The number of aliphatic hydroxyl groups is 1. The molecule has 10 bridgehead atoms. The van der Waals surface area contributed by atoms with Crippen LogP contribution in [-0.2, 0) is 75.9 Å². The van der Waals surface area contributed by atoms with Crippen molar-refractivity contribution >= 4 is 11.9 Å². The zero-order valence-corrected chi connectivity index (χ0v) is 45.7. The van der Waals surface area contributed by atoms with Crippen LogP contribution in [0.5, 0.6) is 0 Å². The normalized spacial score (nSPS) is 53.8. The molecule has 77 heavy (non-hydrogen) atoms. The summed E-state index contributed by atoms with van der Waals surface area (Å²) < 4.78 is 95.1. The van der Waals surface area contributed by atoms with E-state index in [0.717, 1.165) is 56.1 Å². The molecule has 13 rings (SSSR count). The highest BCUT2D eigenvalue weighted by Crippen LogP contribution is 2.52. The maximum Gasteiger partial charge on any atom is 0.308 e. The van der Waals surface area contributed by atoms with Crippen molar-refractivity contribution in [1.29, 1.82) is 0 Å². The molecule has 0 radical (unpaired) electrons. The number of aliphatic hydroxyl groups excluding tert-OH is 1. The maximum absolute atomic E-state index is 14.4. The van der Waals surface area contributed by atoms with E-state index in [4.69, 9.17) is 66.3 Å². The first-order chi connectivity index (χ1) is 37.1. The molecule has 0 amide bonds. The molecule has 0 aromatic heterocycles. The summed E-state index contributed by atoms with van der Waals surface area (Å²) in [6, 6.07) is 0. The second-order valence-electron chi connectivity index (χ2n) is 26.0. The molecule has 18 heteroatoms. The Morgan fingerprint density at radius 3 is 2.13 bits per heavy atom. The van der Waals surface area contributed by atoms with Gasteiger partial charge in [0.15, 0.2) is 17.9 Å². The lowest BCUT2D eigenvalue weighted by atomic mass is 9.80. The van der Waals surface area contributed by atoms with Crippen molar-refractivity contribution in [2.24, 2.45) is 17.8 Å². The van der Waals surface area contributed by atoms with Crippen LogP contribution in [0, 0.1) is 17.8 Å². The molecule has 0 aromatic carbocycles. The lowest BCUT2D eigenvalue weighted by Crippen LogP contribution is -2.62. The third-order valence-electron chi connectivity index (χ3n) is 20.5. The van der Waals surface area contributed by atoms with Crippen LogP contribution >= 0.6 is 0 Å². The lowest BCUT2D eigenvalue weighted by molar-refractivity contribution is -0.370. The Hall–Kier alpha value is -2.14. The highest BCUT2D eigenvalue weighted by Gasteiger charge is 2.63. The van der Waals surface area contributed by atoms with Gasteiger partial charge in [-0.25, -0.2) is 0 Å². The fourth-order valence-electron chi connectivity index (χ4n) is 16.6. The number of rotatable bonds is 5. The van der Waals surface area contributed by atoms with Gasteiger partial charge < -0.3 is 76.5 Å². The average Bonchev–Trinajstić information content (AvgIpc) is 4.21. The van der Waals surface area contributed by atoms with E-state index in [-0.39, 0.29) is 134 Å². The zero-order chi connectivity index (χ0) is 53.1. The predicted molar refractivity (Wildman–Crippen MR) is 271 cm³/mol. The van der Waals surface area contributed by atoms with E-state index in [1.807, 2.05) is 0 Å². The largest absolute Gasteiger partial charge is 0.481 e.